The third-order valence-electron chi connectivity index (χ3n) is 1.66. The highest BCUT2D eigenvalue weighted by Crippen LogP contribution is 2.27. The molecule has 0 atom stereocenters. The Morgan fingerprint density at radius 1 is 1.73 bits per heavy atom. The van der Waals surface area contributed by atoms with Crippen molar-refractivity contribution in [1.82, 2.24) is 4.37 Å². The van der Waals surface area contributed by atoms with Gasteiger partial charge in [0, 0.05) is 6.54 Å². The molecular formula is C9H13N3O2S. The van der Waals surface area contributed by atoms with Crippen LogP contribution in [-0.4, -0.2) is 24.0 Å². The fraction of sp³-hybridized carbons (Fsp3) is 0.333. The molecule has 5 nitrogen and oxygen atoms in total. The molecule has 0 bridgehead atoms. The maximum Gasteiger partial charge on any atom is 0.344 e. The molecule has 0 radical (unpaired) electrons. The Morgan fingerprint density at radius 2 is 2.40 bits per heavy atom. The molecule has 0 amide bonds. The molecular weight excluding hydrogens is 214 g/mol. The van der Waals surface area contributed by atoms with Gasteiger partial charge in [-0.1, -0.05) is 12.2 Å². The number of hydrogen-bond donors (Lipinski definition) is 2. The normalized spacial score (nSPS) is 9.73. The minimum atomic E-state index is -0.481. The second-order valence-electron chi connectivity index (χ2n) is 3.07. The Bertz CT molecular complexity index is 387. The molecule has 0 aliphatic heterocycles. The summed E-state index contributed by atoms with van der Waals surface area (Å²) >= 11 is 1.13. The van der Waals surface area contributed by atoms with Gasteiger partial charge in [0.15, 0.2) is 5.82 Å². The topological polar surface area (TPSA) is 77.2 Å². The fourth-order valence-electron chi connectivity index (χ4n) is 0.954. The lowest BCUT2D eigenvalue weighted by molar-refractivity contribution is 0.0603. The number of methoxy groups -OCH3 is 1. The van der Waals surface area contributed by atoms with E-state index in [1.54, 1.807) is 0 Å². The van der Waals surface area contributed by atoms with Gasteiger partial charge in [0.25, 0.3) is 0 Å². The van der Waals surface area contributed by atoms with E-state index in [9.17, 15) is 4.79 Å². The predicted octanol–water partition coefficient (Wildman–Crippen LogP) is 1.50. The molecule has 0 aliphatic rings. The minimum absolute atomic E-state index is 0.191. The summed E-state index contributed by atoms with van der Waals surface area (Å²) in [5.41, 5.74) is 6.81. The Labute approximate surface area is 92.1 Å². The number of aromatic nitrogens is 1. The molecule has 6 heteroatoms. The van der Waals surface area contributed by atoms with Crippen LogP contribution in [0.4, 0.5) is 10.8 Å². The molecule has 1 rings (SSSR count). The summed E-state index contributed by atoms with van der Waals surface area (Å²) < 4.78 is 8.50. The predicted molar refractivity (Wildman–Crippen MR) is 61.2 cm³/mol. The highest BCUT2D eigenvalue weighted by Gasteiger charge is 2.19. The number of nitrogens with zero attached hydrogens (tertiary/aromatic N) is 1. The Morgan fingerprint density at radius 3 is 2.93 bits per heavy atom. The summed E-state index contributed by atoms with van der Waals surface area (Å²) in [7, 11) is 1.31. The molecule has 0 spiro atoms. The average Bonchev–Trinajstić information content (AvgIpc) is 2.55. The summed E-state index contributed by atoms with van der Waals surface area (Å²) in [5.74, 6) is -0.290. The van der Waals surface area contributed by atoms with E-state index in [4.69, 9.17) is 5.73 Å². The zero-order chi connectivity index (χ0) is 11.4. The Hall–Kier alpha value is -1.56. The van der Waals surface area contributed by atoms with E-state index in [0.29, 0.717) is 17.1 Å². The third kappa shape index (κ3) is 2.69. The van der Waals surface area contributed by atoms with Gasteiger partial charge in [0.1, 0.15) is 10.6 Å². The lowest BCUT2D eigenvalue weighted by atomic mass is 10.3. The maximum absolute atomic E-state index is 11.4. The second-order valence-corrected chi connectivity index (χ2v) is 3.85. The summed E-state index contributed by atoms with van der Waals surface area (Å²) in [6.07, 6.45) is 0. The first-order valence-corrected chi connectivity index (χ1v) is 5.05. The van der Waals surface area contributed by atoms with Crippen molar-refractivity contribution in [2.24, 2.45) is 0 Å². The van der Waals surface area contributed by atoms with Crippen LogP contribution in [0.2, 0.25) is 0 Å². The number of hydrogen-bond acceptors (Lipinski definition) is 6. The van der Waals surface area contributed by atoms with Crippen LogP contribution in [0.15, 0.2) is 12.2 Å². The molecule has 15 heavy (non-hydrogen) atoms. The molecule has 0 unspecified atom stereocenters. The van der Waals surface area contributed by atoms with Gasteiger partial charge in [-0.3, -0.25) is 0 Å². The number of nitrogens with two attached hydrogens (primary N) is 1. The van der Waals surface area contributed by atoms with Crippen LogP contribution in [0.25, 0.3) is 0 Å². The smallest absolute Gasteiger partial charge is 0.344 e. The SMILES string of the molecule is C=C(C)CNc1snc(N)c1C(=O)OC. The highest BCUT2D eigenvalue weighted by molar-refractivity contribution is 7.11. The van der Waals surface area contributed by atoms with Gasteiger partial charge >= 0.3 is 5.97 Å². The van der Waals surface area contributed by atoms with Crippen molar-refractivity contribution in [3.8, 4) is 0 Å². The van der Waals surface area contributed by atoms with Gasteiger partial charge in [0.05, 0.1) is 7.11 Å². The van der Waals surface area contributed by atoms with Gasteiger partial charge in [-0.15, -0.1) is 0 Å². The lowest BCUT2D eigenvalue weighted by Crippen LogP contribution is -2.09. The first-order chi connectivity index (χ1) is 7.06. The number of anilines is 2. The number of carbonyl (C=O) groups is 1. The van der Waals surface area contributed by atoms with Crippen molar-refractivity contribution in [2.75, 3.05) is 24.7 Å². The standard InChI is InChI=1S/C9H13N3O2S/c1-5(2)4-11-8-6(9(13)14-3)7(10)12-15-8/h11H,1,4H2,2-3H3,(H2,10,12). The fourth-order valence-corrected chi connectivity index (χ4v) is 1.65. The van der Waals surface area contributed by atoms with Crippen molar-refractivity contribution in [3.05, 3.63) is 17.7 Å². The molecule has 0 aromatic carbocycles. The molecule has 1 heterocycles. The van der Waals surface area contributed by atoms with Crippen LogP contribution in [0.5, 0.6) is 0 Å². The van der Waals surface area contributed by atoms with Crippen molar-refractivity contribution in [2.45, 2.75) is 6.92 Å². The molecule has 0 saturated carbocycles. The van der Waals surface area contributed by atoms with E-state index in [1.165, 1.54) is 7.11 Å². The molecule has 1 aromatic heterocycles. The van der Waals surface area contributed by atoms with Crippen LogP contribution in [0.1, 0.15) is 17.3 Å². The minimum Gasteiger partial charge on any atom is -0.465 e. The van der Waals surface area contributed by atoms with Crippen molar-refractivity contribution in [1.29, 1.82) is 0 Å². The van der Waals surface area contributed by atoms with Crippen LogP contribution in [0.3, 0.4) is 0 Å². The van der Waals surface area contributed by atoms with Crippen LogP contribution in [0, 0.1) is 0 Å². The number of nitrogens with one attached hydrogen (secondary N) is 1. The largest absolute Gasteiger partial charge is 0.465 e. The quantitative estimate of drug-likeness (QED) is 0.602. The van der Waals surface area contributed by atoms with E-state index >= 15 is 0 Å². The van der Waals surface area contributed by atoms with E-state index in [0.717, 1.165) is 17.1 Å². The molecule has 3 N–H and O–H groups in total. The van der Waals surface area contributed by atoms with Crippen LogP contribution >= 0.6 is 11.5 Å². The van der Waals surface area contributed by atoms with E-state index < -0.39 is 5.97 Å². The van der Waals surface area contributed by atoms with Crippen LogP contribution in [-0.2, 0) is 4.74 Å². The highest BCUT2D eigenvalue weighted by atomic mass is 32.1. The summed E-state index contributed by atoms with van der Waals surface area (Å²) in [4.78, 5) is 11.4. The Balaban J connectivity index is 2.88. The van der Waals surface area contributed by atoms with Gasteiger partial charge < -0.3 is 15.8 Å². The number of nitrogen functional groups attached to an aromatic ring is 1. The number of rotatable bonds is 4. The second kappa shape index (κ2) is 4.79. The average molecular weight is 227 g/mol. The first-order valence-electron chi connectivity index (χ1n) is 4.28. The lowest BCUT2D eigenvalue weighted by Gasteiger charge is -2.04. The first kappa shape index (κ1) is 11.5. The van der Waals surface area contributed by atoms with E-state index in [2.05, 4.69) is 21.0 Å². The maximum atomic E-state index is 11.4. The van der Waals surface area contributed by atoms with E-state index in [1.807, 2.05) is 6.92 Å². The summed E-state index contributed by atoms with van der Waals surface area (Å²) in [6, 6.07) is 0. The van der Waals surface area contributed by atoms with Gasteiger partial charge in [-0.2, -0.15) is 4.37 Å². The third-order valence-corrected chi connectivity index (χ3v) is 2.48. The summed E-state index contributed by atoms with van der Waals surface area (Å²) in [5, 5.41) is 3.64. The van der Waals surface area contributed by atoms with Gasteiger partial charge in [-0.05, 0) is 18.5 Å². The van der Waals surface area contributed by atoms with Crippen molar-refractivity contribution >= 4 is 28.3 Å². The Kier molecular flexibility index (Phi) is 3.68. The molecule has 0 fully saturated rings. The zero-order valence-corrected chi connectivity index (χ0v) is 9.48. The van der Waals surface area contributed by atoms with Crippen molar-refractivity contribution < 1.29 is 9.53 Å². The number of esters is 1. The molecule has 1 aromatic rings. The van der Waals surface area contributed by atoms with Crippen LogP contribution < -0.4 is 11.1 Å². The van der Waals surface area contributed by atoms with E-state index in [-0.39, 0.29) is 5.82 Å². The number of carbonyl (C=O) groups excluding carboxylic acids is 1. The van der Waals surface area contributed by atoms with Crippen molar-refractivity contribution in [3.63, 3.8) is 0 Å². The summed E-state index contributed by atoms with van der Waals surface area (Å²) in [6.45, 7) is 6.21. The van der Waals surface area contributed by atoms with Gasteiger partial charge in [-0.25, -0.2) is 4.79 Å². The zero-order valence-electron chi connectivity index (χ0n) is 8.66. The molecule has 0 aliphatic carbocycles. The monoisotopic (exact) mass is 227 g/mol. The number of ether oxygens (including phenoxy) is 1. The van der Waals surface area contributed by atoms with Gasteiger partial charge in [0.2, 0.25) is 0 Å². The molecule has 82 valence electrons. The molecule has 0 saturated heterocycles.